The van der Waals surface area contributed by atoms with Crippen LogP contribution in [0.5, 0.6) is 5.75 Å². The number of nitrogens with one attached hydrogen (secondary N) is 1. The normalized spacial score (nSPS) is 11.1. The summed E-state index contributed by atoms with van der Waals surface area (Å²) in [6.07, 6.45) is 5.97. The van der Waals surface area contributed by atoms with Crippen molar-refractivity contribution in [3.8, 4) is 28.3 Å². The molecule has 33 heavy (non-hydrogen) atoms. The van der Waals surface area contributed by atoms with Gasteiger partial charge in [-0.1, -0.05) is 50.8 Å². The molecule has 170 valence electrons. The Morgan fingerprint density at radius 2 is 1.73 bits per heavy atom. The number of aromatic amines is 1. The van der Waals surface area contributed by atoms with Crippen molar-refractivity contribution in [2.75, 3.05) is 6.61 Å². The quantitative estimate of drug-likeness (QED) is 0.157. The molecule has 0 aliphatic carbocycles. The van der Waals surface area contributed by atoms with E-state index in [0.717, 1.165) is 23.3 Å². The van der Waals surface area contributed by atoms with Gasteiger partial charge in [0.25, 0.3) is 5.69 Å². The summed E-state index contributed by atoms with van der Waals surface area (Å²) in [6.45, 7) is 2.90. The standard InChI is InChI=1S/C26H26FN3O3/c1-2-3-4-5-6-15-33-21-11-7-18(8-12-21)19-9-13-22(23(27)16-19)26-28-24-14-10-20(30(31)32)17-25(24)29-26/h7-14,16-17H,2-6,15H2,1H3,(H,28,29). The summed E-state index contributed by atoms with van der Waals surface area (Å²) < 4.78 is 20.7. The topological polar surface area (TPSA) is 81.1 Å². The number of unbranched alkanes of at least 4 members (excludes halogenated alkanes) is 4. The van der Waals surface area contributed by atoms with E-state index in [-0.39, 0.29) is 5.69 Å². The fraction of sp³-hybridized carbons (Fsp3) is 0.269. The smallest absolute Gasteiger partial charge is 0.271 e. The molecule has 7 heteroatoms. The van der Waals surface area contributed by atoms with E-state index in [9.17, 15) is 14.5 Å². The van der Waals surface area contributed by atoms with E-state index >= 15 is 0 Å². The predicted molar refractivity (Wildman–Crippen MR) is 128 cm³/mol. The lowest BCUT2D eigenvalue weighted by Gasteiger charge is -2.08. The highest BCUT2D eigenvalue weighted by atomic mass is 19.1. The Kier molecular flexibility index (Phi) is 6.98. The molecule has 0 spiro atoms. The minimum atomic E-state index is -0.473. The monoisotopic (exact) mass is 447 g/mol. The molecule has 4 aromatic rings. The van der Waals surface area contributed by atoms with Gasteiger partial charge in [0.05, 0.1) is 28.1 Å². The molecule has 0 saturated heterocycles. The molecule has 6 nitrogen and oxygen atoms in total. The maximum absolute atomic E-state index is 14.9. The van der Waals surface area contributed by atoms with E-state index in [2.05, 4.69) is 16.9 Å². The van der Waals surface area contributed by atoms with Gasteiger partial charge in [0.1, 0.15) is 17.4 Å². The second-order valence-electron chi connectivity index (χ2n) is 8.03. The van der Waals surface area contributed by atoms with Crippen LogP contribution in [0.15, 0.2) is 60.7 Å². The van der Waals surface area contributed by atoms with Crippen LogP contribution in [-0.2, 0) is 0 Å². The maximum atomic E-state index is 14.9. The Balaban J connectivity index is 1.45. The Labute approximate surface area is 191 Å². The highest BCUT2D eigenvalue weighted by molar-refractivity contribution is 5.82. The molecule has 0 atom stereocenters. The third-order valence-corrected chi connectivity index (χ3v) is 5.60. The molecule has 0 bridgehead atoms. The number of ether oxygens (including phenoxy) is 1. The maximum Gasteiger partial charge on any atom is 0.271 e. The first-order valence-corrected chi connectivity index (χ1v) is 11.2. The molecule has 1 N–H and O–H groups in total. The SMILES string of the molecule is CCCCCCCOc1ccc(-c2ccc(-c3nc4ccc([N+](=O)[O-])cc4[nH]3)c(F)c2)cc1. The summed E-state index contributed by atoms with van der Waals surface area (Å²) in [7, 11) is 0. The summed E-state index contributed by atoms with van der Waals surface area (Å²) >= 11 is 0. The van der Waals surface area contributed by atoms with Gasteiger partial charge in [-0.25, -0.2) is 9.37 Å². The second kappa shape index (κ2) is 10.3. The third-order valence-electron chi connectivity index (χ3n) is 5.60. The number of rotatable bonds is 10. The van der Waals surface area contributed by atoms with Gasteiger partial charge in [-0.15, -0.1) is 0 Å². The summed E-state index contributed by atoms with van der Waals surface area (Å²) in [5.41, 5.74) is 2.92. The summed E-state index contributed by atoms with van der Waals surface area (Å²) in [4.78, 5) is 17.9. The zero-order chi connectivity index (χ0) is 23.2. The molecular weight excluding hydrogens is 421 g/mol. The highest BCUT2D eigenvalue weighted by Gasteiger charge is 2.14. The van der Waals surface area contributed by atoms with E-state index in [1.807, 2.05) is 30.3 Å². The zero-order valence-electron chi connectivity index (χ0n) is 18.5. The van der Waals surface area contributed by atoms with Crippen molar-refractivity contribution >= 4 is 16.7 Å². The number of imidazole rings is 1. The lowest BCUT2D eigenvalue weighted by atomic mass is 10.0. The van der Waals surface area contributed by atoms with Crippen LogP contribution in [0.3, 0.4) is 0 Å². The van der Waals surface area contributed by atoms with E-state index in [1.165, 1.54) is 43.9 Å². The number of nitro benzene ring substituents is 1. The van der Waals surface area contributed by atoms with Crippen LogP contribution >= 0.6 is 0 Å². The van der Waals surface area contributed by atoms with Crippen LogP contribution in [0, 0.1) is 15.9 Å². The molecule has 0 radical (unpaired) electrons. The number of benzene rings is 3. The fourth-order valence-electron chi connectivity index (χ4n) is 3.76. The molecular formula is C26H26FN3O3. The lowest BCUT2D eigenvalue weighted by Crippen LogP contribution is -1.97. The van der Waals surface area contributed by atoms with Gasteiger partial charge in [-0.2, -0.15) is 0 Å². The van der Waals surface area contributed by atoms with Gasteiger partial charge < -0.3 is 9.72 Å². The average molecular weight is 448 g/mol. The number of aromatic nitrogens is 2. The first-order chi connectivity index (χ1) is 16.0. The van der Waals surface area contributed by atoms with Crippen LogP contribution < -0.4 is 4.74 Å². The Hall–Kier alpha value is -3.74. The van der Waals surface area contributed by atoms with Gasteiger partial charge in [0, 0.05) is 12.1 Å². The number of fused-ring (bicyclic) bond motifs is 1. The number of nitro groups is 1. The Morgan fingerprint density at radius 1 is 0.970 bits per heavy atom. The lowest BCUT2D eigenvalue weighted by molar-refractivity contribution is -0.384. The van der Waals surface area contributed by atoms with Crippen molar-refractivity contribution in [1.82, 2.24) is 9.97 Å². The highest BCUT2D eigenvalue weighted by Crippen LogP contribution is 2.29. The minimum Gasteiger partial charge on any atom is -0.494 e. The zero-order valence-corrected chi connectivity index (χ0v) is 18.5. The van der Waals surface area contributed by atoms with Crippen molar-refractivity contribution in [3.63, 3.8) is 0 Å². The molecule has 0 aliphatic rings. The van der Waals surface area contributed by atoms with E-state index in [0.29, 0.717) is 29.0 Å². The van der Waals surface area contributed by atoms with Crippen LogP contribution in [0.4, 0.5) is 10.1 Å². The van der Waals surface area contributed by atoms with E-state index in [4.69, 9.17) is 4.74 Å². The van der Waals surface area contributed by atoms with E-state index < -0.39 is 10.7 Å². The number of non-ortho nitro benzene ring substituents is 1. The van der Waals surface area contributed by atoms with Gasteiger partial charge >= 0.3 is 0 Å². The Bertz CT molecular complexity index is 1250. The molecule has 0 unspecified atom stereocenters. The number of hydrogen-bond acceptors (Lipinski definition) is 4. The van der Waals surface area contributed by atoms with Crippen molar-refractivity contribution in [1.29, 1.82) is 0 Å². The molecule has 3 aromatic carbocycles. The van der Waals surface area contributed by atoms with Crippen molar-refractivity contribution in [2.45, 2.75) is 39.0 Å². The van der Waals surface area contributed by atoms with Crippen LogP contribution in [-0.4, -0.2) is 21.5 Å². The molecule has 0 saturated carbocycles. The molecule has 0 fully saturated rings. The molecule has 4 rings (SSSR count). The van der Waals surface area contributed by atoms with Crippen LogP contribution in [0.1, 0.15) is 39.0 Å². The number of halogens is 1. The molecule has 0 aliphatic heterocycles. The number of H-pyrrole nitrogens is 1. The molecule has 1 aromatic heterocycles. The van der Waals surface area contributed by atoms with Crippen LogP contribution in [0.25, 0.3) is 33.5 Å². The third kappa shape index (κ3) is 5.37. The summed E-state index contributed by atoms with van der Waals surface area (Å²) in [5, 5.41) is 11.0. The first kappa shape index (κ1) is 22.5. The van der Waals surface area contributed by atoms with Gasteiger partial charge in [0.2, 0.25) is 0 Å². The Morgan fingerprint density at radius 3 is 2.45 bits per heavy atom. The second-order valence-corrected chi connectivity index (χ2v) is 8.03. The summed E-state index contributed by atoms with van der Waals surface area (Å²) in [5.74, 6) is 0.716. The number of nitrogens with zero attached hydrogens (tertiary/aromatic N) is 2. The molecule has 1 heterocycles. The van der Waals surface area contributed by atoms with Crippen molar-refractivity contribution < 1.29 is 14.1 Å². The average Bonchev–Trinajstić information content (AvgIpc) is 3.24. The fourth-order valence-corrected chi connectivity index (χ4v) is 3.76. The van der Waals surface area contributed by atoms with Crippen molar-refractivity contribution in [2.24, 2.45) is 0 Å². The largest absolute Gasteiger partial charge is 0.494 e. The minimum absolute atomic E-state index is 0.0440. The van der Waals surface area contributed by atoms with Gasteiger partial charge in [0.15, 0.2) is 0 Å². The van der Waals surface area contributed by atoms with Gasteiger partial charge in [-0.3, -0.25) is 10.1 Å². The van der Waals surface area contributed by atoms with Gasteiger partial charge in [-0.05, 0) is 47.9 Å². The predicted octanol–water partition coefficient (Wildman–Crippen LogP) is 7.29. The first-order valence-electron chi connectivity index (χ1n) is 11.2. The number of hydrogen-bond donors (Lipinski definition) is 1. The molecule has 0 amide bonds. The van der Waals surface area contributed by atoms with Crippen LogP contribution in [0.2, 0.25) is 0 Å². The van der Waals surface area contributed by atoms with E-state index in [1.54, 1.807) is 12.1 Å². The van der Waals surface area contributed by atoms with Crippen molar-refractivity contribution in [3.05, 3.63) is 76.6 Å². The summed E-state index contributed by atoms with van der Waals surface area (Å²) in [6, 6.07) is 16.9.